The SMILES string of the molecule is COCCNC(=O)c1cc(S(=O)(=O)Nc2cccc(NC(C)=O)c2)ccc1C. The van der Waals surface area contributed by atoms with Crippen LogP contribution in [0.5, 0.6) is 0 Å². The zero-order chi connectivity index (χ0) is 20.7. The Balaban J connectivity index is 2.25. The van der Waals surface area contributed by atoms with Gasteiger partial charge in [-0.15, -0.1) is 0 Å². The summed E-state index contributed by atoms with van der Waals surface area (Å²) in [6.07, 6.45) is 0. The van der Waals surface area contributed by atoms with Gasteiger partial charge in [0.1, 0.15) is 0 Å². The zero-order valence-electron chi connectivity index (χ0n) is 15.9. The number of hydrogen-bond acceptors (Lipinski definition) is 5. The van der Waals surface area contributed by atoms with E-state index in [1.165, 1.54) is 32.2 Å². The van der Waals surface area contributed by atoms with E-state index in [2.05, 4.69) is 15.4 Å². The zero-order valence-corrected chi connectivity index (χ0v) is 16.7. The van der Waals surface area contributed by atoms with Crippen molar-refractivity contribution in [2.45, 2.75) is 18.7 Å². The van der Waals surface area contributed by atoms with Crippen LogP contribution in [-0.4, -0.2) is 40.5 Å². The number of hydrogen-bond donors (Lipinski definition) is 3. The Morgan fingerprint density at radius 1 is 1.07 bits per heavy atom. The maximum atomic E-state index is 12.7. The number of amides is 2. The lowest BCUT2D eigenvalue weighted by Gasteiger charge is -2.12. The van der Waals surface area contributed by atoms with Gasteiger partial charge in [0.15, 0.2) is 0 Å². The van der Waals surface area contributed by atoms with Gasteiger partial charge in [0.25, 0.3) is 15.9 Å². The number of rotatable bonds is 8. The quantitative estimate of drug-likeness (QED) is 0.582. The first-order valence-electron chi connectivity index (χ1n) is 8.51. The van der Waals surface area contributed by atoms with E-state index in [0.717, 1.165) is 0 Å². The van der Waals surface area contributed by atoms with E-state index in [0.29, 0.717) is 24.4 Å². The van der Waals surface area contributed by atoms with Crippen molar-refractivity contribution in [1.82, 2.24) is 5.32 Å². The molecule has 150 valence electrons. The van der Waals surface area contributed by atoms with Crippen LogP contribution >= 0.6 is 0 Å². The molecule has 0 heterocycles. The Morgan fingerprint density at radius 3 is 2.46 bits per heavy atom. The number of methoxy groups -OCH3 is 1. The summed E-state index contributed by atoms with van der Waals surface area (Å²) >= 11 is 0. The number of ether oxygens (including phenoxy) is 1. The summed E-state index contributed by atoms with van der Waals surface area (Å²) < 4.78 is 32.8. The van der Waals surface area contributed by atoms with E-state index in [9.17, 15) is 18.0 Å². The molecule has 3 N–H and O–H groups in total. The molecule has 0 fully saturated rings. The average molecular weight is 405 g/mol. The Labute approximate surface area is 164 Å². The van der Waals surface area contributed by atoms with Crippen LogP contribution in [0.15, 0.2) is 47.4 Å². The monoisotopic (exact) mass is 405 g/mol. The van der Waals surface area contributed by atoms with Crippen LogP contribution in [0, 0.1) is 6.92 Å². The van der Waals surface area contributed by atoms with Gasteiger partial charge in [0, 0.05) is 31.8 Å². The molecule has 2 aromatic rings. The lowest BCUT2D eigenvalue weighted by Crippen LogP contribution is -2.28. The molecule has 9 heteroatoms. The summed E-state index contributed by atoms with van der Waals surface area (Å²) in [5.41, 5.74) is 1.68. The van der Waals surface area contributed by atoms with Crippen LogP contribution < -0.4 is 15.4 Å². The van der Waals surface area contributed by atoms with Crippen LogP contribution in [0.2, 0.25) is 0 Å². The molecule has 0 aliphatic heterocycles. The largest absolute Gasteiger partial charge is 0.383 e. The van der Waals surface area contributed by atoms with Crippen LogP contribution in [0.25, 0.3) is 0 Å². The fourth-order valence-corrected chi connectivity index (χ4v) is 3.53. The third-order valence-corrected chi connectivity index (χ3v) is 5.17. The topological polar surface area (TPSA) is 114 Å². The van der Waals surface area contributed by atoms with Gasteiger partial charge in [0.2, 0.25) is 5.91 Å². The summed E-state index contributed by atoms with van der Waals surface area (Å²) in [5, 5.41) is 5.27. The van der Waals surface area contributed by atoms with E-state index >= 15 is 0 Å². The number of nitrogens with one attached hydrogen (secondary N) is 3. The predicted molar refractivity (Wildman–Crippen MR) is 107 cm³/mol. The van der Waals surface area contributed by atoms with Crippen LogP contribution in [-0.2, 0) is 19.6 Å². The standard InChI is InChI=1S/C19H23N3O5S/c1-13-7-8-17(12-18(13)19(24)20-9-10-27-3)28(25,26)22-16-6-4-5-15(11-16)21-14(2)23/h4-8,11-12,22H,9-10H2,1-3H3,(H,20,24)(H,21,23). The van der Waals surface area contributed by atoms with Crippen molar-refractivity contribution in [2.24, 2.45) is 0 Å². The van der Waals surface area contributed by atoms with E-state index in [-0.39, 0.29) is 28.0 Å². The van der Waals surface area contributed by atoms with Crippen molar-refractivity contribution in [3.8, 4) is 0 Å². The normalized spacial score (nSPS) is 11.0. The molecule has 0 aliphatic rings. The highest BCUT2D eigenvalue weighted by atomic mass is 32.2. The van der Waals surface area contributed by atoms with Gasteiger partial charge in [-0.2, -0.15) is 0 Å². The van der Waals surface area contributed by atoms with E-state index in [1.807, 2.05) is 0 Å². The van der Waals surface area contributed by atoms with Gasteiger partial charge >= 0.3 is 0 Å². The molecule has 2 aromatic carbocycles. The molecule has 0 saturated carbocycles. The van der Waals surface area contributed by atoms with Gasteiger partial charge < -0.3 is 15.4 Å². The molecule has 0 radical (unpaired) electrons. The van der Waals surface area contributed by atoms with Gasteiger partial charge in [-0.3, -0.25) is 14.3 Å². The van der Waals surface area contributed by atoms with Gasteiger partial charge in [-0.25, -0.2) is 8.42 Å². The maximum Gasteiger partial charge on any atom is 0.261 e. The Hall–Kier alpha value is -2.91. The molecule has 0 saturated heterocycles. The highest BCUT2D eigenvalue weighted by molar-refractivity contribution is 7.92. The summed E-state index contributed by atoms with van der Waals surface area (Å²) in [5.74, 6) is -0.637. The number of benzene rings is 2. The lowest BCUT2D eigenvalue weighted by molar-refractivity contribution is -0.114. The highest BCUT2D eigenvalue weighted by Gasteiger charge is 2.18. The summed E-state index contributed by atoms with van der Waals surface area (Å²) in [6, 6.07) is 10.7. The molecule has 8 nitrogen and oxygen atoms in total. The number of anilines is 2. The molecular formula is C19H23N3O5S. The second-order valence-corrected chi connectivity index (χ2v) is 7.78. The predicted octanol–water partition coefficient (Wildman–Crippen LogP) is 2.13. The van der Waals surface area contributed by atoms with Crippen molar-refractivity contribution in [3.05, 3.63) is 53.6 Å². The third kappa shape index (κ3) is 5.80. The highest BCUT2D eigenvalue weighted by Crippen LogP contribution is 2.21. The van der Waals surface area contributed by atoms with Crippen molar-refractivity contribution >= 4 is 33.2 Å². The Kier molecular flexibility index (Phi) is 7.13. The van der Waals surface area contributed by atoms with E-state index < -0.39 is 10.0 Å². The third-order valence-electron chi connectivity index (χ3n) is 3.79. The number of carbonyl (C=O) groups excluding carboxylic acids is 2. The van der Waals surface area contributed by atoms with Crippen molar-refractivity contribution in [3.63, 3.8) is 0 Å². The fourth-order valence-electron chi connectivity index (χ4n) is 2.45. The molecule has 28 heavy (non-hydrogen) atoms. The molecule has 0 aromatic heterocycles. The first-order valence-corrected chi connectivity index (χ1v) is 9.99. The van der Waals surface area contributed by atoms with E-state index in [1.54, 1.807) is 31.2 Å². The maximum absolute atomic E-state index is 12.7. The fraction of sp³-hybridized carbons (Fsp3) is 0.263. The van der Waals surface area contributed by atoms with Crippen LogP contribution in [0.4, 0.5) is 11.4 Å². The summed E-state index contributed by atoms with van der Waals surface area (Å²) in [7, 11) is -2.40. The van der Waals surface area contributed by atoms with Crippen LogP contribution in [0.1, 0.15) is 22.8 Å². The minimum atomic E-state index is -3.92. The molecule has 0 aliphatic carbocycles. The number of carbonyl (C=O) groups is 2. The van der Waals surface area contributed by atoms with Crippen molar-refractivity contribution < 1.29 is 22.7 Å². The Bertz CT molecular complexity index is 973. The number of sulfonamides is 1. The molecule has 0 unspecified atom stereocenters. The molecule has 0 bridgehead atoms. The van der Waals surface area contributed by atoms with Crippen LogP contribution in [0.3, 0.4) is 0 Å². The Morgan fingerprint density at radius 2 is 1.79 bits per heavy atom. The second kappa shape index (κ2) is 9.34. The lowest BCUT2D eigenvalue weighted by atomic mass is 10.1. The average Bonchev–Trinajstić information content (AvgIpc) is 2.61. The minimum Gasteiger partial charge on any atom is -0.383 e. The summed E-state index contributed by atoms with van der Waals surface area (Å²) in [6.45, 7) is 3.77. The molecule has 0 spiro atoms. The second-order valence-electron chi connectivity index (χ2n) is 6.09. The van der Waals surface area contributed by atoms with Crippen molar-refractivity contribution in [1.29, 1.82) is 0 Å². The first-order chi connectivity index (χ1) is 13.2. The van der Waals surface area contributed by atoms with Crippen molar-refractivity contribution in [2.75, 3.05) is 30.3 Å². The smallest absolute Gasteiger partial charge is 0.261 e. The van der Waals surface area contributed by atoms with Gasteiger partial charge in [-0.1, -0.05) is 12.1 Å². The van der Waals surface area contributed by atoms with Gasteiger partial charge in [0.05, 0.1) is 17.2 Å². The first kappa shape index (κ1) is 21.4. The minimum absolute atomic E-state index is 0.0417. The molecule has 2 amide bonds. The molecule has 2 rings (SSSR count). The van der Waals surface area contributed by atoms with Gasteiger partial charge in [-0.05, 0) is 42.8 Å². The summed E-state index contributed by atoms with van der Waals surface area (Å²) in [4.78, 5) is 23.4. The molecular weight excluding hydrogens is 382 g/mol. The number of aryl methyl sites for hydroxylation is 1. The molecule has 0 atom stereocenters. The van der Waals surface area contributed by atoms with E-state index in [4.69, 9.17) is 4.74 Å².